The summed E-state index contributed by atoms with van der Waals surface area (Å²) in [5.41, 5.74) is 3.32. The first kappa shape index (κ1) is 17.5. The van der Waals surface area contributed by atoms with Gasteiger partial charge >= 0.3 is 0 Å². The highest BCUT2D eigenvalue weighted by Gasteiger charge is 2.17. The standard InChI is InChI=1S/C20H22N4O3/c1-13(25)20-22-16-7-6-15(10-17(16)23-20)21-19(26)12-24-8-9-27-18-5-3-2-4-14(18)11-24/h2-7,10,13,25H,8-9,11-12H2,1H3,(H,21,26)(H,22,23). The molecule has 0 bridgehead atoms. The minimum absolute atomic E-state index is 0.0796. The number of aliphatic hydroxyl groups excluding tert-OH is 1. The number of H-pyrrole nitrogens is 1. The molecule has 4 rings (SSSR count). The molecule has 3 N–H and O–H groups in total. The molecular weight excluding hydrogens is 344 g/mol. The first-order chi connectivity index (χ1) is 13.1. The number of nitrogens with zero attached hydrogens (tertiary/aromatic N) is 2. The fraction of sp³-hybridized carbons (Fsp3) is 0.300. The van der Waals surface area contributed by atoms with Crippen molar-refractivity contribution in [2.45, 2.75) is 19.6 Å². The van der Waals surface area contributed by atoms with Crippen molar-refractivity contribution in [1.29, 1.82) is 0 Å². The van der Waals surface area contributed by atoms with Crippen LogP contribution in [0.3, 0.4) is 0 Å². The number of aliphatic hydroxyl groups is 1. The van der Waals surface area contributed by atoms with Gasteiger partial charge in [0.25, 0.3) is 0 Å². The summed E-state index contributed by atoms with van der Waals surface area (Å²) < 4.78 is 5.74. The predicted octanol–water partition coefficient (Wildman–Crippen LogP) is 2.45. The molecule has 0 spiro atoms. The fourth-order valence-electron chi connectivity index (χ4n) is 3.22. The number of imidazole rings is 1. The molecule has 0 radical (unpaired) electrons. The van der Waals surface area contributed by atoms with E-state index >= 15 is 0 Å². The number of benzene rings is 2. The molecule has 1 atom stereocenters. The van der Waals surface area contributed by atoms with Crippen LogP contribution in [0.4, 0.5) is 5.69 Å². The predicted molar refractivity (Wildman–Crippen MR) is 103 cm³/mol. The van der Waals surface area contributed by atoms with E-state index in [4.69, 9.17) is 4.74 Å². The molecule has 0 fully saturated rings. The molecule has 27 heavy (non-hydrogen) atoms. The number of aromatic nitrogens is 2. The molecule has 7 heteroatoms. The Morgan fingerprint density at radius 3 is 3.07 bits per heavy atom. The van der Waals surface area contributed by atoms with Gasteiger partial charge in [-0.15, -0.1) is 0 Å². The van der Waals surface area contributed by atoms with Crippen molar-refractivity contribution in [3.8, 4) is 5.75 Å². The third-order valence-electron chi connectivity index (χ3n) is 4.58. The Morgan fingerprint density at radius 2 is 2.22 bits per heavy atom. The molecule has 1 aliphatic rings. The van der Waals surface area contributed by atoms with Gasteiger partial charge < -0.3 is 20.1 Å². The van der Waals surface area contributed by atoms with Crippen LogP contribution in [0.2, 0.25) is 0 Å². The van der Waals surface area contributed by atoms with E-state index in [-0.39, 0.29) is 12.5 Å². The number of aromatic amines is 1. The van der Waals surface area contributed by atoms with Crippen LogP contribution < -0.4 is 10.1 Å². The quantitative estimate of drug-likeness (QED) is 0.660. The van der Waals surface area contributed by atoms with Gasteiger partial charge in [-0.05, 0) is 31.2 Å². The SMILES string of the molecule is CC(O)c1nc2ccc(NC(=O)CN3CCOc4ccccc4C3)cc2[nH]1. The Bertz CT molecular complexity index is 967. The lowest BCUT2D eigenvalue weighted by Crippen LogP contribution is -2.34. The van der Waals surface area contributed by atoms with Crippen LogP contribution in [-0.2, 0) is 11.3 Å². The maximum Gasteiger partial charge on any atom is 0.238 e. The highest BCUT2D eigenvalue weighted by molar-refractivity contribution is 5.94. The Hall–Kier alpha value is -2.90. The number of amides is 1. The molecule has 140 valence electrons. The molecule has 7 nitrogen and oxygen atoms in total. The van der Waals surface area contributed by atoms with E-state index < -0.39 is 6.10 Å². The number of para-hydroxylation sites is 1. The molecule has 3 aromatic rings. The first-order valence-electron chi connectivity index (χ1n) is 8.99. The van der Waals surface area contributed by atoms with Crippen molar-refractivity contribution in [3.63, 3.8) is 0 Å². The van der Waals surface area contributed by atoms with Gasteiger partial charge in [-0.1, -0.05) is 18.2 Å². The highest BCUT2D eigenvalue weighted by atomic mass is 16.5. The van der Waals surface area contributed by atoms with Crippen LogP contribution in [0, 0.1) is 0 Å². The van der Waals surface area contributed by atoms with Crippen LogP contribution in [-0.4, -0.2) is 45.6 Å². The smallest absolute Gasteiger partial charge is 0.238 e. The van der Waals surface area contributed by atoms with Gasteiger partial charge in [0.1, 0.15) is 24.3 Å². The normalized spacial score (nSPS) is 15.6. The molecule has 2 heterocycles. The number of carbonyl (C=O) groups is 1. The second kappa shape index (κ2) is 7.38. The number of hydrogen-bond acceptors (Lipinski definition) is 5. The van der Waals surface area contributed by atoms with Crippen LogP contribution in [0.1, 0.15) is 24.4 Å². The lowest BCUT2D eigenvalue weighted by Gasteiger charge is -2.18. The summed E-state index contributed by atoms with van der Waals surface area (Å²) in [6.45, 7) is 3.88. The zero-order chi connectivity index (χ0) is 18.8. The minimum Gasteiger partial charge on any atom is -0.492 e. The number of ether oxygens (including phenoxy) is 1. The summed E-state index contributed by atoms with van der Waals surface area (Å²) >= 11 is 0. The maximum atomic E-state index is 12.5. The van der Waals surface area contributed by atoms with Crippen LogP contribution in [0.5, 0.6) is 5.75 Å². The molecule has 2 aromatic carbocycles. The van der Waals surface area contributed by atoms with E-state index in [1.807, 2.05) is 42.5 Å². The van der Waals surface area contributed by atoms with Gasteiger partial charge in [-0.25, -0.2) is 4.98 Å². The van der Waals surface area contributed by atoms with Crippen LogP contribution in [0.15, 0.2) is 42.5 Å². The van der Waals surface area contributed by atoms with Crippen molar-refractivity contribution in [3.05, 3.63) is 53.9 Å². The van der Waals surface area contributed by atoms with Crippen molar-refractivity contribution >= 4 is 22.6 Å². The second-order valence-electron chi connectivity index (χ2n) is 6.74. The number of hydrogen-bond donors (Lipinski definition) is 3. The Kier molecular flexibility index (Phi) is 4.79. The van der Waals surface area contributed by atoms with Gasteiger partial charge in [0.2, 0.25) is 5.91 Å². The molecule has 1 unspecified atom stereocenters. The zero-order valence-corrected chi connectivity index (χ0v) is 15.1. The van der Waals surface area contributed by atoms with E-state index in [0.717, 1.165) is 22.3 Å². The van der Waals surface area contributed by atoms with Gasteiger partial charge in [0.15, 0.2) is 0 Å². The van der Waals surface area contributed by atoms with E-state index in [1.165, 1.54) is 0 Å². The summed E-state index contributed by atoms with van der Waals surface area (Å²) in [6, 6.07) is 13.4. The Labute approximate surface area is 157 Å². The van der Waals surface area contributed by atoms with Gasteiger partial charge in [0, 0.05) is 24.3 Å². The Balaban J connectivity index is 1.42. The summed E-state index contributed by atoms with van der Waals surface area (Å²) in [5.74, 6) is 1.32. The third kappa shape index (κ3) is 3.94. The van der Waals surface area contributed by atoms with Gasteiger partial charge in [0.05, 0.1) is 17.6 Å². The lowest BCUT2D eigenvalue weighted by atomic mass is 10.2. The van der Waals surface area contributed by atoms with Gasteiger partial charge in [-0.2, -0.15) is 0 Å². The average molecular weight is 366 g/mol. The van der Waals surface area contributed by atoms with Crippen molar-refractivity contribution in [2.24, 2.45) is 0 Å². The van der Waals surface area contributed by atoms with E-state index in [1.54, 1.807) is 6.92 Å². The molecule has 0 aliphatic carbocycles. The van der Waals surface area contributed by atoms with Crippen molar-refractivity contribution in [1.82, 2.24) is 14.9 Å². The van der Waals surface area contributed by atoms with Gasteiger partial charge in [-0.3, -0.25) is 9.69 Å². The number of nitrogens with one attached hydrogen (secondary N) is 2. The molecule has 1 aromatic heterocycles. The second-order valence-corrected chi connectivity index (χ2v) is 6.74. The highest BCUT2D eigenvalue weighted by Crippen LogP contribution is 2.23. The van der Waals surface area contributed by atoms with Crippen LogP contribution in [0.25, 0.3) is 11.0 Å². The number of rotatable bonds is 4. The molecular formula is C20H22N4O3. The molecule has 1 amide bonds. The lowest BCUT2D eigenvalue weighted by molar-refractivity contribution is -0.117. The Morgan fingerprint density at radius 1 is 1.37 bits per heavy atom. The number of carbonyl (C=O) groups excluding carboxylic acids is 1. The molecule has 0 saturated heterocycles. The summed E-state index contributed by atoms with van der Waals surface area (Å²) in [4.78, 5) is 22.0. The summed E-state index contributed by atoms with van der Waals surface area (Å²) in [7, 11) is 0. The minimum atomic E-state index is -0.663. The average Bonchev–Trinajstić information content (AvgIpc) is 2.96. The van der Waals surface area contributed by atoms with Crippen LogP contribution >= 0.6 is 0 Å². The third-order valence-corrected chi connectivity index (χ3v) is 4.58. The number of fused-ring (bicyclic) bond motifs is 2. The summed E-state index contributed by atoms with van der Waals surface area (Å²) in [5, 5.41) is 12.6. The maximum absolute atomic E-state index is 12.5. The molecule has 1 aliphatic heterocycles. The van der Waals surface area contributed by atoms with E-state index in [2.05, 4.69) is 20.2 Å². The van der Waals surface area contributed by atoms with E-state index in [0.29, 0.717) is 31.2 Å². The summed E-state index contributed by atoms with van der Waals surface area (Å²) in [6.07, 6.45) is -0.663. The monoisotopic (exact) mass is 366 g/mol. The fourth-order valence-corrected chi connectivity index (χ4v) is 3.22. The van der Waals surface area contributed by atoms with Crippen molar-refractivity contribution in [2.75, 3.05) is 25.0 Å². The first-order valence-corrected chi connectivity index (χ1v) is 8.99. The van der Waals surface area contributed by atoms with Crippen molar-refractivity contribution < 1.29 is 14.6 Å². The molecule has 0 saturated carbocycles. The number of anilines is 1. The topological polar surface area (TPSA) is 90.5 Å². The largest absolute Gasteiger partial charge is 0.492 e. The zero-order valence-electron chi connectivity index (χ0n) is 15.1. The van der Waals surface area contributed by atoms with E-state index in [9.17, 15) is 9.90 Å².